The summed E-state index contributed by atoms with van der Waals surface area (Å²) in [6, 6.07) is 13.2. The Bertz CT molecular complexity index is 626. The number of hydrogen-bond donors (Lipinski definition) is 1. The smallest absolute Gasteiger partial charge is 0.256 e. The van der Waals surface area contributed by atoms with Crippen LogP contribution in [0.1, 0.15) is 22.8 Å². The minimum atomic E-state index is -0.163. The normalized spacial score (nSPS) is 10.2. The third-order valence-electron chi connectivity index (χ3n) is 3.01. The van der Waals surface area contributed by atoms with Crippen LogP contribution in [0.5, 0.6) is 5.75 Å². The first kappa shape index (κ1) is 14.6. The van der Waals surface area contributed by atoms with E-state index in [2.05, 4.69) is 28.2 Å². The maximum Gasteiger partial charge on any atom is 0.256 e. The molecular weight excluding hydrogens is 318 g/mol. The van der Waals surface area contributed by atoms with Crippen LogP contribution in [0.4, 0.5) is 5.69 Å². The number of methoxy groups -OCH3 is 1. The van der Waals surface area contributed by atoms with E-state index in [0.29, 0.717) is 11.3 Å². The Morgan fingerprint density at radius 3 is 2.75 bits per heavy atom. The maximum atomic E-state index is 12.3. The lowest BCUT2D eigenvalue weighted by Gasteiger charge is -2.09. The van der Waals surface area contributed by atoms with Gasteiger partial charge in [0.25, 0.3) is 5.91 Å². The summed E-state index contributed by atoms with van der Waals surface area (Å²) >= 11 is 3.39. The van der Waals surface area contributed by atoms with Crippen molar-refractivity contribution in [3.63, 3.8) is 0 Å². The first-order valence-electron chi connectivity index (χ1n) is 6.38. The predicted octanol–water partition coefficient (Wildman–Crippen LogP) is 4.27. The first-order valence-corrected chi connectivity index (χ1v) is 7.17. The van der Waals surface area contributed by atoms with Gasteiger partial charge in [0.15, 0.2) is 0 Å². The number of rotatable bonds is 4. The Labute approximate surface area is 127 Å². The second-order valence-corrected chi connectivity index (χ2v) is 5.21. The third kappa shape index (κ3) is 3.39. The van der Waals surface area contributed by atoms with Gasteiger partial charge >= 0.3 is 0 Å². The molecule has 0 bridgehead atoms. The lowest BCUT2D eigenvalue weighted by molar-refractivity contribution is 0.102. The molecule has 0 saturated carbocycles. The van der Waals surface area contributed by atoms with Gasteiger partial charge in [0, 0.05) is 10.2 Å². The summed E-state index contributed by atoms with van der Waals surface area (Å²) in [6.07, 6.45) is 0.937. The van der Waals surface area contributed by atoms with Gasteiger partial charge in [-0.3, -0.25) is 4.79 Å². The minimum absolute atomic E-state index is 0.163. The fourth-order valence-electron chi connectivity index (χ4n) is 1.87. The number of anilines is 1. The zero-order chi connectivity index (χ0) is 14.5. The monoisotopic (exact) mass is 333 g/mol. The highest BCUT2D eigenvalue weighted by Crippen LogP contribution is 2.23. The van der Waals surface area contributed by atoms with Gasteiger partial charge in [-0.15, -0.1) is 0 Å². The molecule has 1 N–H and O–H groups in total. The number of halogens is 1. The standard InChI is InChI=1S/C16H16BrNO2/c1-3-11-5-4-6-12(9-11)18-16(19)14-10-13(20-2)7-8-15(14)17/h4-10H,3H2,1-2H3,(H,18,19). The first-order chi connectivity index (χ1) is 9.63. The minimum Gasteiger partial charge on any atom is -0.497 e. The Morgan fingerprint density at radius 2 is 2.05 bits per heavy atom. The number of carbonyl (C=O) groups is 1. The number of carbonyl (C=O) groups excluding carboxylic acids is 1. The van der Waals surface area contributed by atoms with Crippen LogP contribution in [0.2, 0.25) is 0 Å². The molecule has 0 aliphatic heterocycles. The average molecular weight is 334 g/mol. The SMILES string of the molecule is CCc1cccc(NC(=O)c2cc(OC)ccc2Br)c1. The van der Waals surface area contributed by atoms with Crippen molar-refractivity contribution in [2.45, 2.75) is 13.3 Å². The van der Waals surface area contributed by atoms with Gasteiger partial charge in [-0.1, -0.05) is 19.1 Å². The van der Waals surface area contributed by atoms with Gasteiger partial charge in [0.1, 0.15) is 5.75 Å². The summed E-state index contributed by atoms with van der Waals surface area (Å²) < 4.78 is 5.88. The number of amides is 1. The second kappa shape index (κ2) is 6.57. The molecule has 0 aliphatic carbocycles. The maximum absolute atomic E-state index is 12.3. The van der Waals surface area contributed by atoms with E-state index in [-0.39, 0.29) is 5.91 Å². The molecule has 0 fully saturated rings. The highest BCUT2D eigenvalue weighted by atomic mass is 79.9. The molecule has 2 rings (SSSR count). The topological polar surface area (TPSA) is 38.3 Å². The van der Waals surface area contributed by atoms with Crippen molar-refractivity contribution < 1.29 is 9.53 Å². The predicted molar refractivity (Wildman–Crippen MR) is 84.5 cm³/mol. The second-order valence-electron chi connectivity index (χ2n) is 4.35. The molecular formula is C16H16BrNO2. The van der Waals surface area contributed by atoms with E-state index in [9.17, 15) is 4.79 Å². The lowest BCUT2D eigenvalue weighted by Crippen LogP contribution is -2.12. The fourth-order valence-corrected chi connectivity index (χ4v) is 2.30. The molecule has 0 radical (unpaired) electrons. The molecule has 0 unspecified atom stereocenters. The molecule has 0 heterocycles. The highest BCUT2D eigenvalue weighted by Gasteiger charge is 2.11. The number of hydrogen-bond acceptors (Lipinski definition) is 2. The summed E-state index contributed by atoms with van der Waals surface area (Å²) in [4.78, 5) is 12.3. The molecule has 104 valence electrons. The Morgan fingerprint density at radius 1 is 1.25 bits per heavy atom. The molecule has 0 spiro atoms. The highest BCUT2D eigenvalue weighted by molar-refractivity contribution is 9.10. The molecule has 2 aromatic rings. The zero-order valence-electron chi connectivity index (χ0n) is 11.4. The molecule has 1 amide bonds. The molecule has 0 saturated heterocycles. The van der Waals surface area contributed by atoms with Crippen molar-refractivity contribution in [1.82, 2.24) is 0 Å². The molecule has 0 aliphatic rings. The van der Waals surface area contributed by atoms with E-state index in [1.54, 1.807) is 25.3 Å². The Balaban J connectivity index is 2.23. The zero-order valence-corrected chi connectivity index (χ0v) is 13.0. The van der Waals surface area contributed by atoms with Gasteiger partial charge in [-0.25, -0.2) is 0 Å². The number of benzene rings is 2. The van der Waals surface area contributed by atoms with Crippen LogP contribution in [-0.2, 0) is 6.42 Å². The summed E-state index contributed by atoms with van der Waals surface area (Å²) in [7, 11) is 1.58. The number of aryl methyl sites for hydroxylation is 1. The van der Waals surface area contributed by atoms with Crippen LogP contribution in [0, 0.1) is 0 Å². The lowest BCUT2D eigenvalue weighted by atomic mass is 10.1. The van der Waals surface area contributed by atoms with Crippen molar-refractivity contribution in [2.75, 3.05) is 12.4 Å². The fraction of sp³-hybridized carbons (Fsp3) is 0.188. The third-order valence-corrected chi connectivity index (χ3v) is 3.70. The van der Waals surface area contributed by atoms with E-state index >= 15 is 0 Å². The van der Waals surface area contributed by atoms with Gasteiger partial charge < -0.3 is 10.1 Å². The largest absolute Gasteiger partial charge is 0.497 e. The van der Waals surface area contributed by atoms with E-state index in [4.69, 9.17) is 4.74 Å². The molecule has 2 aromatic carbocycles. The van der Waals surface area contributed by atoms with Gasteiger partial charge in [0.05, 0.1) is 12.7 Å². The van der Waals surface area contributed by atoms with E-state index in [1.807, 2.05) is 24.3 Å². The van der Waals surface area contributed by atoms with E-state index in [1.165, 1.54) is 5.56 Å². The van der Waals surface area contributed by atoms with Crippen molar-refractivity contribution in [1.29, 1.82) is 0 Å². The summed E-state index contributed by atoms with van der Waals surface area (Å²) in [6.45, 7) is 2.08. The van der Waals surface area contributed by atoms with Crippen molar-refractivity contribution in [2.24, 2.45) is 0 Å². The van der Waals surface area contributed by atoms with Crippen LogP contribution in [0.15, 0.2) is 46.9 Å². The van der Waals surface area contributed by atoms with Crippen LogP contribution in [-0.4, -0.2) is 13.0 Å². The van der Waals surface area contributed by atoms with Crippen LogP contribution >= 0.6 is 15.9 Å². The Kier molecular flexibility index (Phi) is 4.79. The van der Waals surface area contributed by atoms with Crippen molar-refractivity contribution in [3.05, 3.63) is 58.1 Å². The van der Waals surface area contributed by atoms with Gasteiger partial charge in [-0.2, -0.15) is 0 Å². The molecule has 20 heavy (non-hydrogen) atoms. The summed E-state index contributed by atoms with van der Waals surface area (Å²) in [5.41, 5.74) is 2.53. The quantitative estimate of drug-likeness (QED) is 0.907. The van der Waals surface area contributed by atoms with Gasteiger partial charge in [0.2, 0.25) is 0 Å². The van der Waals surface area contributed by atoms with Crippen LogP contribution < -0.4 is 10.1 Å². The van der Waals surface area contributed by atoms with Crippen LogP contribution in [0.3, 0.4) is 0 Å². The van der Waals surface area contributed by atoms with E-state index in [0.717, 1.165) is 16.6 Å². The van der Waals surface area contributed by atoms with Gasteiger partial charge in [-0.05, 0) is 58.2 Å². The van der Waals surface area contributed by atoms with Crippen molar-refractivity contribution >= 4 is 27.5 Å². The average Bonchev–Trinajstić information content (AvgIpc) is 2.47. The number of nitrogens with one attached hydrogen (secondary N) is 1. The van der Waals surface area contributed by atoms with Crippen molar-refractivity contribution in [3.8, 4) is 5.75 Å². The van der Waals surface area contributed by atoms with E-state index < -0.39 is 0 Å². The molecule has 0 aromatic heterocycles. The Hall–Kier alpha value is -1.81. The molecule has 4 heteroatoms. The molecule has 3 nitrogen and oxygen atoms in total. The molecule has 0 atom stereocenters. The number of ether oxygens (including phenoxy) is 1. The summed E-state index contributed by atoms with van der Waals surface area (Å²) in [5.74, 6) is 0.490. The summed E-state index contributed by atoms with van der Waals surface area (Å²) in [5, 5.41) is 2.90. The van der Waals surface area contributed by atoms with Crippen LogP contribution in [0.25, 0.3) is 0 Å².